The van der Waals surface area contributed by atoms with Crippen LogP contribution in [0.1, 0.15) is 29.2 Å². The van der Waals surface area contributed by atoms with Crippen LogP contribution >= 0.6 is 11.3 Å². The number of benzene rings is 1. The zero-order valence-corrected chi connectivity index (χ0v) is 13.5. The van der Waals surface area contributed by atoms with Crippen molar-refractivity contribution < 1.29 is 0 Å². The van der Waals surface area contributed by atoms with E-state index in [-0.39, 0.29) is 0 Å². The lowest BCUT2D eigenvalue weighted by atomic mass is 10.1. The highest BCUT2D eigenvalue weighted by Gasteiger charge is 2.06. The first kappa shape index (κ1) is 15.0. The van der Waals surface area contributed by atoms with Gasteiger partial charge in [0.1, 0.15) is 0 Å². The van der Waals surface area contributed by atoms with Crippen LogP contribution in [0.25, 0.3) is 0 Å². The van der Waals surface area contributed by atoms with Crippen LogP contribution in [0.2, 0.25) is 0 Å². The third kappa shape index (κ3) is 4.05. The Bertz CT molecular complexity index is 531. The standard InChI is InChI=1S/C16H23N3S/c1-12(14-5-7-16(8-6-14)19(3)4)17-10-9-15-11-20-13(2)18-15/h5-8,11-12,17H,9-10H2,1-4H3. The number of nitrogens with zero attached hydrogens (tertiary/aromatic N) is 2. The molecule has 0 aliphatic carbocycles. The molecule has 0 fully saturated rings. The van der Waals surface area contributed by atoms with E-state index >= 15 is 0 Å². The minimum absolute atomic E-state index is 0.367. The molecule has 1 aromatic carbocycles. The molecule has 0 saturated heterocycles. The summed E-state index contributed by atoms with van der Waals surface area (Å²) in [5.41, 5.74) is 3.75. The molecule has 0 bridgehead atoms. The summed E-state index contributed by atoms with van der Waals surface area (Å²) in [5, 5.41) is 6.85. The van der Waals surface area contributed by atoms with Gasteiger partial charge in [0.05, 0.1) is 10.7 Å². The maximum atomic E-state index is 4.48. The fourth-order valence-electron chi connectivity index (χ4n) is 2.12. The van der Waals surface area contributed by atoms with E-state index in [4.69, 9.17) is 0 Å². The van der Waals surface area contributed by atoms with Crippen LogP contribution < -0.4 is 10.2 Å². The lowest BCUT2D eigenvalue weighted by Crippen LogP contribution is -2.21. The van der Waals surface area contributed by atoms with E-state index in [1.54, 1.807) is 11.3 Å². The molecule has 0 saturated carbocycles. The van der Waals surface area contributed by atoms with E-state index in [1.165, 1.54) is 16.9 Å². The van der Waals surface area contributed by atoms with Gasteiger partial charge >= 0.3 is 0 Å². The Morgan fingerprint density at radius 1 is 1.25 bits per heavy atom. The summed E-state index contributed by atoms with van der Waals surface area (Å²) in [7, 11) is 4.12. The summed E-state index contributed by atoms with van der Waals surface area (Å²) >= 11 is 1.72. The van der Waals surface area contributed by atoms with Crippen molar-refractivity contribution in [2.24, 2.45) is 0 Å². The summed E-state index contributed by atoms with van der Waals surface area (Å²) in [6.07, 6.45) is 0.991. The smallest absolute Gasteiger partial charge is 0.0897 e. The van der Waals surface area contributed by atoms with Gasteiger partial charge in [0.2, 0.25) is 0 Å². The Morgan fingerprint density at radius 2 is 1.95 bits per heavy atom. The molecule has 0 aliphatic heterocycles. The SMILES string of the molecule is Cc1nc(CCNC(C)c2ccc(N(C)C)cc2)cs1. The molecule has 1 atom stereocenters. The summed E-state index contributed by atoms with van der Waals surface area (Å²) in [5.74, 6) is 0. The molecule has 20 heavy (non-hydrogen) atoms. The van der Waals surface area contributed by atoms with Crippen LogP contribution in [0.4, 0.5) is 5.69 Å². The van der Waals surface area contributed by atoms with Gasteiger partial charge in [0.15, 0.2) is 0 Å². The maximum absolute atomic E-state index is 4.48. The third-order valence-electron chi connectivity index (χ3n) is 3.41. The first-order chi connectivity index (χ1) is 9.56. The predicted octanol–water partition coefficient (Wildman–Crippen LogP) is 3.41. The second-order valence-corrected chi connectivity index (χ2v) is 6.33. The van der Waals surface area contributed by atoms with Crippen molar-refractivity contribution in [2.45, 2.75) is 26.3 Å². The van der Waals surface area contributed by atoms with E-state index in [0.29, 0.717) is 6.04 Å². The highest BCUT2D eigenvalue weighted by Crippen LogP contribution is 2.17. The molecule has 108 valence electrons. The molecular weight excluding hydrogens is 266 g/mol. The molecule has 4 heteroatoms. The highest BCUT2D eigenvalue weighted by atomic mass is 32.1. The molecule has 0 spiro atoms. The van der Waals surface area contributed by atoms with Gasteiger partial charge in [-0.15, -0.1) is 11.3 Å². The van der Waals surface area contributed by atoms with E-state index in [1.807, 2.05) is 0 Å². The quantitative estimate of drug-likeness (QED) is 0.883. The number of thiazole rings is 1. The van der Waals surface area contributed by atoms with Crippen LogP contribution in [-0.2, 0) is 6.42 Å². The second kappa shape index (κ2) is 6.86. The average Bonchev–Trinajstić information content (AvgIpc) is 2.84. The van der Waals surface area contributed by atoms with E-state index < -0.39 is 0 Å². The minimum atomic E-state index is 0.367. The fraction of sp³-hybridized carbons (Fsp3) is 0.438. The number of anilines is 1. The number of aryl methyl sites for hydroxylation is 1. The van der Waals surface area contributed by atoms with Gasteiger partial charge in [-0.25, -0.2) is 4.98 Å². The van der Waals surface area contributed by atoms with Crippen LogP contribution in [0, 0.1) is 6.92 Å². The molecule has 1 heterocycles. The Hall–Kier alpha value is -1.39. The molecule has 3 nitrogen and oxygen atoms in total. The molecule has 0 amide bonds. The van der Waals surface area contributed by atoms with Crippen LogP contribution in [0.15, 0.2) is 29.6 Å². The third-order valence-corrected chi connectivity index (χ3v) is 4.23. The molecule has 1 N–H and O–H groups in total. The Balaban J connectivity index is 1.83. The van der Waals surface area contributed by atoms with Gasteiger partial charge < -0.3 is 10.2 Å². The first-order valence-electron chi connectivity index (χ1n) is 6.98. The van der Waals surface area contributed by atoms with Crippen LogP contribution in [0.3, 0.4) is 0 Å². The van der Waals surface area contributed by atoms with Crippen molar-refractivity contribution in [1.82, 2.24) is 10.3 Å². The molecule has 2 rings (SSSR count). The predicted molar refractivity (Wildman–Crippen MR) is 87.7 cm³/mol. The maximum Gasteiger partial charge on any atom is 0.0897 e. The zero-order valence-electron chi connectivity index (χ0n) is 12.7. The van der Waals surface area contributed by atoms with Gasteiger partial charge in [-0.1, -0.05) is 12.1 Å². The summed E-state index contributed by atoms with van der Waals surface area (Å²) < 4.78 is 0. The molecule has 2 aromatic rings. The minimum Gasteiger partial charge on any atom is -0.378 e. The topological polar surface area (TPSA) is 28.2 Å². The molecule has 0 radical (unpaired) electrons. The number of rotatable bonds is 6. The number of aromatic nitrogens is 1. The summed E-state index contributed by atoms with van der Waals surface area (Å²) in [6.45, 7) is 5.22. The monoisotopic (exact) mass is 289 g/mol. The van der Waals surface area contributed by atoms with Crippen molar-refractivity contribution >= 4 is 17.0 Å². The lowest BCUT2D eigenvalue weighted by molar-refractivity contribution is 0.574. The zero-order chi connectivity index (χ0) is 14.5. The fourth-order valence-corrected chi connectivity index (χ4v) is 2.77. The van der Waals surface area contributed by atoms with Gasteiger partial charge in [-0.05, 0) is 31.5 Å². The second-order valence-electron chi connectivity index (χ2n) is 5.27. The number of nitrogens with one attached hydrogen (secondary N) is 1. The van der Waals surface area contributed by atoms with Crippen molar-refractivity contribution in [3.05, 3.63) is 45.9 Å². The Morgan fingerprint density at radius 3 is 2.50 bits per heavy atom. The van der Waals surface area contributed by atoms with Crippen LogP contribution in [0.5, 0.6) is 0 Å². The molecule has 1 unspecified atom stereocenters. The van der Waals surface area contributed by atoms with E-state index in [2.05, 4.69) is 72.8 Å². The van der Waals surface area contributed by atoms with Crippen molar-refractivity contribution in [3.63, 3.8) is 0 Å². The van der Waals surface area contributed by atoms with E-state index in [0.717, 1.165) is 18.0 Å². The van der Waals surface area contributed by atoms with Crippen molar-refractivity contribution in [2.75, 3.05) is 25.5 Å². The molecule has 0 aliphatic rings. The Labute approximate surface area is 125 Å². The van der Waals surface area contributed by atoms with Gasteiger partial charge in [0.25, 0.3) is 0 Å². The van der Waals surface area contributed by atoms with Crippen molar-refractivity contribution in [3.8, 4) is 0 Å². The number of hydrogen-bond donors (Lipinski definition) is 1. The summed E-state index contributed by atoms with van der Waals surface area (Å²) in [4.78, 5) is 6.60. The van der Waals surface area contributed by atoms with Gasteiger partial charge in [-0.3, -0.25) is 0 Å². The highest BCUT2D eigenvalue weighted by molar-refractivity contribution is 7.09. The van der Waals surface area contributed by atoms with E-state index in [9.17, 15) is 0 Å². The van der Waals surface area contributed by atoms with Crippen molar-refractivity contribution in [1.29, 1.82) is 0 Å². The van der Waals surface area contributed by atoms with Gasteiger partial charge in [0, 0.05) is 44.2 Å². The molecule has 1 aromatic heterocycles. The first-order valence-corrected chi connectivity index (χ1v) is 7.86. The van der Waals surface area contributed by atoms with Crippen LogP contribution in [-0.4, -0.2) is 25.6 Å². The average molecular weight is 289 g/mol. The largest absolute Gasteiger partial charge is 0.378 e. The normalized spacial score (nSPS) is 12.4. The Kier molecular flexibility index (Phi) is 5.15. The molecular formula is C16H23N3S. The van der Waals surface area contributed by atoms with Gasteiger partial charge in [-0.2, -0.15) is 0 Å². The number of hydrogen-bond acceptors (Lipinski definition) is 4. The lowest BCUT2D eigenvalue weighted by Gasteiger charge is -2.16. The summed E-state index contributed by atoms with van der Waals surface area (Å²) in [6, 6.07) is 9.08.